The number of hydrogen-bond acceptors (Lipinski definition) is 5. The number of rotatable bonds is 5. The SMILES string of the molecule is CCN(c1cccc(C)c1)c1sc([C@@H](C)O)cc1[N+](=O)[O-]. The van der Waals surface area contributed by atoms with Gasteiger partial charge in [0.1, 0.15) is 0 Å². The van der Waals surface area contributed by atoms with Crippen molar-refractivity contribution in [2.45, 2.75) is 26.9 Å². The molecular formula is C15H18N2O3S. The van der Waals surface area contributed by atoms with E-state index in [4.69, 9.17) is 0 Å². The van der Waals surface area contributed by atoms with Crippen LogP contribution >= 0.6 is 11.3 Å². The Morgan fingerprint density at radius 1 is 1.43 bits per heavy atom. The molecule has 1 heterocycles. The summed E-state index contributed by atoms with van der Waals surface area (Å²) in [5.74, 6) is 0. The van der Waals surface area contributed by atoms with Crippen LogP contribution in [0.2, 0.25) is 0 Å². The van der Waals surface area contributed by atoms with E-state index >= 15 is 0 Å². The van der Waals surface area contributed by atoms with Gasteiger partial charge in [-0.15, -0.1) is 11.3 Å². The number of nitro groups is 1. The second kappa shape index (κ2) is 6.24. The first kappa shape index (κ1) is 15.5. The zero-order valence-electron chi connectivity index (χ0n) is 12.2. The number of anilines is 2. The Morgan fingerprint density at radius 3 is 2.67 bits per heavy atom. The summed E-state index contributed by atoms with van der Waals surface area (Å²) in [5.41, 5.74) is 2.06. The van der Waals surface area contributed by atoms with Gasteiger partial charge in [-0.25, -0.2) is 0 Å². The molecule has 1 atom stereocenters. The lowest BCUT2D eigenvalue weighted by molar-refractivity contribution is -0.383. The highest BCUT2D eigenvalue weighted by atomic mass is 32.1. The average molecular weight is 306 g/mol. The topological polar surface area (TPSA) is 66.6 Å². The van der Waals surface area contributed by atoms with Gasteiger partial charge >= 0.3 is 5.69 Å². The van der Waals surface area contributed by atoms with Gasteiger partial charge in [0.15, 0.2) is 5.00 Å². The summed E-state index contributed by atoms with van der Waals surface area (Å²) in [4.78, 5) is 13.4. The van der Waals surface area contributed by atoms with Gasteiger partial charge in [-0.1, -0.05) is 12.1 Å². The van der Waals surface area contributed by atoms with E-state index in [1.807, 2.05) is 43.0 Å². The quantitative estimate of drug-likeness (QED) is 0.665. The average Bonchev–Trinajstić information content (AvgIpc) is 2.85. The molecule has 21 heavy (non-hydrogen) atoms. The minimum Gasteiger partial charge on any atom is -0.388 e. The Labute approximate surface area is 127 Å². The Balaban J connectivity index is 2.53. The van der Waals surface area contributed by atoms with Gasteiger partial charge in [0.05, 0.1) is 11.0 Å². The van der Waals surface area contributed by atoms with E-state index in [2.05, 4.69) is 0 Å². The summed E-state index contributed by atoms with van der Waals surface area (Å²) < 4.78 is 0. The number of aliphatic hydroxyl groups excluding tert-OH is 1. The van der Waals surface area contributed by atoms with E-state index in [0.717, 1.165) is 11.3 Å². The van der Waals surface area contributed by atoms with Gasteiger partial charge in [-0.3, -0.25) is 10.1 Å². The van der Waals surface area contributed by atoms with Gasteiger partial charge in [0, 0.05) is 23.2 Å². The summed E-state index contributed by atoms with van der Waals surface area (Å²) in [6.45, 7) is 6.17. The molecule has 0 saturated heterocycles. The van der Waals surface area contributed by atoms with Crippen LogP contribution in [0.15, 0.2) is 30.3 Å². The molecule has 2 rings (SSSR count). The van der Waals surface area contributed by atoms with Crippen LogP contribution in [0.3, 0.4) is 0 Å². The second-order valence-corrected chi connectivity index (χ2v) is 5.92. The zero-order valence-corrected chi connectivity index (χ0v) is 13.1. The summed E-state index contributed by atoms with van der Waals surface area (Å²) in [6, 6.07) is 9.31. The Morgan fingerprint density at radius 2 is 2.14 bits per heavy atom. The Kier molecular flexibility index (Phi) is 4.59. The van der Waals surface area contributed by atoms with E-state index in [0.29, 0.717) is 16.4 Å². The van der Waals surface area contributed by atoms with Gasteiger partial charge in [-0.05, 0) is 38.5 Å². The van der Waals surface area contributed by atoms with Crippen LogP contribution in [0.1, 0.15) is 30.4 Å². The standard InChI is InChI=1S/C15H18N2O3S/c1-4-16(12-7-5-6-10(2)8-12)15-13(17(19)20)9-14(21-15)11(3)18/h5-9,11,18H,4H2,1-3H3/t11-/m1/s1. The Hall–Kier alpha value is -1.92. The summed E-state index contributed by atoms with van der Waals surface area (Å²) >= 11 is 1.26. The largest absolute Gasteiger partial charge is 0.388 e. The molecule has 2 aromatic rings. The van der Waals surface area contributed by atoms with Crippen molar-refractivity contribution in [2.75, 3.05) is 11.4 Å². The highest BCUT2D eigenvalue weighted by Crippen LogP contribution is 2.43. The van der Waals surface area contributed by atoms with E-state index in [-0.39, 0.29) is 5.69 Å². The molecule has 0 amide bonds. The highest BCUT2D eigenvalue weighted by Gasteiger charge is 2.25. The molecular weight excluding hydrogens is 288 g/mol. The van der Waals surface area contributed by atoms with E-state index in [1.54, 1.807) is 6.92 Å². The van der Waals surface area contributed by atoms with Crippen molar-refractivity contribution in [3.05, 3.63) is 50.9 Å². The first-order valence-corrected chi connectivity index (χ1v) is 7.56. The van der Waals surface area contributed by atoms with Crippen molar-refractivity contribution in [2.24, 2.45) is 0 Å². The lowest BCUT2D eigenvalue weighted by Crippen LogP contribution is -2.15. The lowest BCUT2D eigenvalue weighted by atomic mass is 10.2. The van der Waals surface area contributed by atoms with Crippen molar-refractivity contribution in [3.63, 3.8) is 0 Å². The molecule has 0 unspecified atom stereocenters. The first-order valence-electron chi connectivity index (χ1n) is 6.74. The molecule has 0 spiro atoms. The molecule has 1 aromatic heterocycles. The number of benzene rings is 1. The van der Waals surface area contributed by atoms with Crippen LogP contribution in [0, 0.1) is 17.0 Å². The van der Waals surface area contributed by atoms with Crippen molar-refractivity contribution >= 4 is 27.7 Å². The van der Waals surface area contributed by atoms with Gasteiger partial charge < -0.3 is 10.0 Å². The number of aryl methyl sites for hydroxylation is 1. The van der Waals surface area contributed by atoms with Crippen LogP contribution in [-0.2, 0) is 0 Å². The van der Waals surface area contributed by atoms with Crippen LogP contribution in [0.25, 0.3) is 0 Å². The molecule has 0 aliphatic rings. The van der Waals surface area contributed by atoms with Gasteiger partial charge in [-0.2, -0.15) is 0 Å². The van der Waals surface area contributed by atoms with Crippen LogP contribution < -0.4 is 4.90 Å². The summed E-state index contributed by atoms with van der Waals surface area (Å²) in [6.07, 6.45) is -0.710. The third-order valence-corrected chi connectivity index (χ3v) is 4.51. The number of nitrogens with zero attached hydrogens (tertiary/aromatic N) is 2. The molecule has 1 N–H and O–H groups in total. The Bertz CT molecular complexity index is 652. The van der Waals surface area contributed by atoms with Crippen molar-refractivity contribution in [1.29, 1.82) is 0 Å². The first-order chi connectivity index (χ1) is 9.93. The summed E-state index contributed by atoms with van der Waals surface area (Å²) in [5, 5.41) is 21.5. The predicted octanol–water partition coefficient (Wildman–Crippen LogP) is 4.18. The third kappa shape index (κ3) is 3.22. The normalized spacial score (nSPS) is 12.2. The predicted molar refractivity (Wildman–Crippen MR) is 85.5 cm³/mol. The van der Waals surface area contributed by atoms with Crippen molar-refractivity contribution < 1.29 is 10.0 Å². The van der Waals surface area contributed by atoms with Crippen LogP contribution in [0.4, 0.5) is 16.4 Å². The molecule has 0 fully saturated rings. The fourth-order valence-corrected chi connectivity index (χ4v) is 3.31. The van der Waals surface area contributed by atoms with Crippen LogP contribution in [0.5, 0.6) is 0 Å². The monoisotopic (exact) mass is 306 g/mol. The molecule has 5 nitrogen and oxygen atoms in total. The van der Waals surface area contributed by atoms with Gasteiger partial charge in [0.25, 0.3) is 0 Å². The van der Waals surface area contributed by atoms with Gasteiger partial charge in [0.2, 0.25) is 0 Å². The molecule has 0 bridgehead atoms. The van der Waals surface area contributed by atoms with Crippen molar-refractivity contribution in [1.82, 2.24) is 0 Å². The fraction of sp³-hybridized carbons (Fsp3) is 0.333. The maximum atomic E-state index is 11.3. The fourth-order valence-electron chi connectivity index (χ4n) is 2.16. The summed E-state index contributed by atoms with van der Waals surface area (Å²) in [7, 11) is 0. The molecule has 0 saturated carbocycles. The maximum absolute atomic E-state index is 11.3. The minimum atomic E-state index is -0.710. The number of hydrogen-bond donors (Lipinski definition) is 1. The number of aliphatic hydroxyl groups is 1. The van der Waals surface area contributed by atoms with E-state index in [1.165, 1.54) is 17.4 Å². The second-order valence-electron chi connectivity index (χ2n) is 4.86. The highest BCUT2D eigenvalue weighted by molar-refractivity contribution is 7.16. The molecule has 112 valence electrons. The number of thiophene rings is 1. The van der Waals surface area contributed by atoms with Crippen molar-refractivity contribution in [3.8, 4) is 0 Å². The lowest BCUT2D eigenvalue weighted by Gasteiger charge is -2.21. The molecule has 0 aliphatic carbocycles. The molecule has 0 aliphatic heterocycles. The smallest absolute Gasteiger partial charge is 0.304 e. The molecule has 0 radical (unpaired) electrons. The zero-order chi connectivity index (χ0) is 15.6. The molecule has 1 aromatic carbocycles. The van der Waals surface area contributed by atoms with E-state index in [9.17, 15) is 15.2 Å². The maximum Gasteiger partial charge on any atom is 0.304 e. The van der Waals surface area contributed by atoms with Crippen LogP contribution in [-0.4, -0.2) is 16.6 Å². The molecule has 6 heteroatoms. The third-order valence-electron chi connectivity index (χ3n) is 3.20. The minimum absolute atomic E-state index is 0.0410. The van der Waals surface area contributed by atoms with E-state index < -0.39 is 11.0 Å².